The van der Waals surface area contributed by atoms with Crippen molar-refractivity contribution in [3.8, 4) is 10.9 Å². The summed E-state index contributed by atoms with van der Waals surface area (Å²) in [5.41, 5.74) is 0.0761. The van der Waals surface area contributed by atoms with Gasteiger partial charge in [-0.1, -0.05) is 32.4 Å². The standard InChI is InChI=1S/C10H7BrN2O3S/c1-5-12-13-10(17-5)16-8-3-2-6(11)4-7(8)9(14)15/h2-4H,1H3,(H,14,15). The van der Waals surface area contributed by atoms with Gasteiger partial charge in [-0.25, -0.2) is 4.79 Å². The van der Waals surface area contributed by atoms with Crippen LogP contribution < -0.4 is 4.74 Å². The molecule has 0 unspecified atom stereocenters. The van der Waals surface area contributed by atoms with Crippen LogP contribution in [0.25, 0.3) is 0 Å². The molecule has 2 rings (SSSR count). The molecule has 1 aromatic carbocycles. The van der Waals surface area contributed by atoms with Crippen molar-refractivity contribution in [1.29, 1.82) is 0 Å². The number of ether oxygens (including phenoxy) is 1. The van der Waals surface area contributed by atoms with Gasteiger partial charge < -0.3 is 9.84 Å². The van der Waals surface area contributed by atoms with Crippen molar-refractivity contribution in [3.05, 3.63) is 33.2 Å². The molecule has 0 radical (unpaired) electrons. The molecular formula is C10H7BrN2O3S. The van der Waals surface area contributed by atoms with Crippen LogP contribution in [-0.4, -0.2) is 21.3 Å². The van der Waals surface area contributed by atoms with Crippen molar-refractivity contribution >= 4 is 33.2 Å². The second-order valence-corrected chi connectivity index (χ2v) is 5.19. The van der Waals surface area contributed by atoms with Gasteiger partial charge in [0.25, 0.3) is 5.19 Å². The molecule has 0 spiro atoms. The first kappa shape index (κ1) is 12.0. The van der Waals surface area contributed by atoms with E-state index in [0.29, 0.717) is 9.67 Å². The summed E-state index contributed by atoms with van der Waals surface area (Å²) in [6, 6.07) is 4.76. The zero-order valence-electron chi connectivity index (χ0n) is 8.68. The maximum Gasteiger partial charge on any atom is 0.339 e. The quantitative estimate of drug-likeness (QED) is 0.942. The molecular weight excluding hydrogens is 308 g/mol. The summed E-state index contributed by atoms with van der Waals surface area (Å²) in [6.45, 7) is 1.80. The molecule has 1 aromatic heterocycles. The minimum Gasteiger partial charge on any atom is -0.478 e. The van der Waals surface area contributed by atoms with E-state index in [-0.39, 0.29) is 11.3 Å². The molecule has 17 heavy (non-hydrogen) atoms. The van der Waals surface area contributed by atoms with Crippen LogP contribution >= 0.6 is 27.3 Å². The number of carbonyl (C=O) groups is 1. The summed E-state index contributed by atoms with van der Waals surface area (Å²) < 4.78 is 6.07. The number of carboxylic acids is 1. The number of aromatic carboxylic acids is 1. The monoisotopic (exact) mass is 314 g/mol. The van der Waals surface area contributed by atoms with Crippen molar-refractivity contribution in [2.45, 2.75) is 6.92 Å². The number of aryl methyl sites for hydroxylation is 1. The van der Waals surface area contributed by atoms with E-state index in [0.717, 1.165) is 5.01 Å². The average molecular weight is 315 g/mol. The van der Waals surface area contributed by atoms with Crippen LogP contribution in [0.15, 0.2) is 22.7 Å². The zero-order valence-corrected chi connectivity index (χ0v) is 11.1. The summed E-state index contributed by atoms with van der Waals surface area (Å²) in [5.74, 6) is -0.806. The summed E-state index contributed by atoms with van der Waals surface area (Å²) in [5, 5.41) is 17.7. The molecule has 0 aliphatic carbocycles. The SMILES string of the molecule is Cc1nnc(Oc2ccc(Br)cc2C(=O)O)s1. The van der Waals surface area contributed by atoms with Gasteiger partial charge in [0.1, 0.15) is 16.3 Å². The lowest BCUT2D eigenvalue weighted by Crippen LogP contribution is -1.99. The molecule has 0 fully saturated rings. The lowest BCUT2D eigenvalue weighted by atomic mass is 10.2. The first-order valence-corrected chi connectivity index (χ1v) is 6.18. The second-order valence-electron chi connectivity index (χ2n) is 3.13. The highest BCUT2D eigenvalue weighted by Gasteiger charge is 2.14. The van der Waals surface area contributed by atoms with Crippen LogP contribution in [0.1, 0.15) is 15.4 Å². The first-order valence-electron chi connectivity index (χ1n) is 4.57. The molecule has 7 heteroatoms. The molecule has 0 aliphatic heterocycles. The van der Waals surface area contributed by atoms with E-state index in [1.54, 1.807) is 19.1 Å². The van der Waals surface area contributed by atoms with Gasteiger partial charge >= 0.3 is 5.97 Å². The van der Waals surface area contributed by atoms with Crippen LogP contribution in [0.4, 0.5) is 0 Å². The van der Waals surface area contributed by atoms with E-state index in [1.807, 2.05) is 0 Å². The average Bonchev–Trinajstić information content (AvgIpc) is 2.66. The highest BCUT2D eigenvalue weighted by atomic mass is 79.9. The number of hydrogen-bond acceptors (Lipinski definition) is 5. The van der Waals surface area contributed by atoms with E-state index >= 15 is 0 Å². The highest BCUT2D eigenvalue weighted by molar-refractivity contribution is 9.10. The van der Waals surface area contributed by atoms with Crippen molar-refractivity contribution in [1.82, 2.24) is 10.2 Å². The highest BCUT2D eigenvalue weighted by Crippen LogP contribution is 2.29. The molecule has 1 heterocycles. The Labute approximate surface area is 109 Å². The van der Waals surface area contributed by atoms with Gasteiger partial charge in [-0.05, 0) is 25.1 Å². The topological polar surface area (TPSA) is 72.3 Å². The van der Waals surface area contributed by atoms with Crippen molar-refractivity contribution in [2.24, 2.45) is 0 Å². The minimum atomic E-state index is -1.05. The predicted octanol–water partition coefficient (Wildman–Crippen LogP) is 3.10. The van der Waals surface area contributed by atoms with Crippen LogP contribution in [-0.2, 0) is 0 Å². The Bertz CT molecular complexity index is 570. The Kier molecular flexibility index (Phi) is 3.39. The summed E-state index contributed by atoms with van der Waals surface area (Å²) >= 11 is 4.47. The Hall–Kier alpha value is -1.47. The van der Waals surface area contributed by atoms with E-state index in [2.05, 4.69) is 26.1 Å². The van der Waals surface area contributed by atoms with E-state index in [4.69, 9.17) is 9.84 Å². The smallest absolute Gasteiger partial charge is 0.339 e. The molecule has 88 valence electrons. The summed E-state index contributed by atoms with van der Waals surface area (Å²) in [6.07, 6.45) is 0. The number of halogens is 1. The zero-order chi connectivity index (χ0) is 12.4. The fraction of sp³-hybridized carbons (Fsp3) is 0.100. The largest absolute Gasteiger partial charge is 0.478 e. The minimum absolute atomic E-state index is 0.0761. The molecule has 2 aromatic rings. The number of nitrogens with zero attached hydrogens (tertiary/aromatic N) is 2. The van der Waals surface area contributed by atoms with Crippen molar-refractivity contribution in [2.75, 3.05) is 0 Å². The summed E-state index contributed by atoms with van der Waals surface area (Å²) in [4.78, 5) is 11.0. The Morgan fingerprint density at radius 3 is 2.82 bits per heavy atom. The fourth-order valence-electron chi connectivity index (χ4n) is 1.17. The molecule has 0 atom stereocenters. The third-order valence-electron chi connectivity index (χ3n) is 1.88. The van der Waals surface area contributed by atoms with Crippen LogP contribution in [0.5, 0.6) is 10.9 Å². The van der Waals surface area contributed by atoms with Crippen LogP contribution in [0.2, 0.25) is 0 Å². The summed E-state index contributed by atoms with van der Waals surface area (Å²) in [7, 11) is 0. The maximum atomic E-state index is 11.0. The van der Waals surface area contributed by atoms with Crippen molar-refractivity contribution < 1.29 is 14.6 Å². The second kappa shape index (κ2) is 4.80. The number of benzene rings is 1. The normalized spacial score (nSPS) is 10.2. The van der Waals surface area contributed by atoms with Crippen LogP contribution in [0, 0.1) is 6.92 Å². The van der Waals surface area contributed by atoms with E-state index < -0.39 is 5.97 Å². The maximum absolute atomic E-state index is 11.0. The molecule has 1 N–H and O–H groups in total. The number of hydrogen-bond donors (Lipinski definition) is 1. The molecule has 0 saturated carbocycles. The molecule has 0 saturated heterocycles. The number of carboxylic acid groups (broad SMARTS) is 1. The fourth-order valence-corrected chi connectivity index (χ4v) is 2.08. The van der Waals surface area contributed by atoms with Crippen molar-refractivity contribution in [3.63, 3.8) is 0 Å². The van der Waals surface area contributed by atoms with Crippen LogP contribution in [0.3, 0.4) is 0 Å². The third kappa shape index (κ3) is 2.80. The Morgan fingerprint density at radius 2 is 2.24 bits per heavy atom. The van der Waals surface area contributed by atoms with E-state index in [9.17, 15) is 4.79 Å². The Morgan fingerprint density at radius 1 is 1.47 bits per heavy atom. The lowest BCUT2D eigenvalue weighted by molar-refractivity contribution is 0.0694. The van der Waals surface area contributed by atoms with Gasteiger partial charge in [-0.15, -0.1) is 5.10 Å². The first-order chi connectivity index (χ1) is 8.06. The molecule has 0 bridgehead atoms. The van der Waals surface area contributed by atoms with Gasteiger partial charge in [-0.2, -0.15) is 0 Å². The predicted molar refractivity (Wildman–Crippen MR) is 65.8 cm³/mol. The van der Waals surface area contributed by atoms with E-state index in [1.165, 1.54) is 17.4 Å². The lowest BCUT2D eigenvalue weighted by Gasteiger charge is -2.05. The van der Waals surface area contributed by atoms with Gasteiger partial charge in [0.15, 0.2) is 0 Å². The van der Waals surface area contributed by atoms with Gasteiger partial charge in [0.05, 0.1) is 0 Å². The Balaban J connectivity index is 2.35. The third-order valence-corrected chi connectivity index (χ3v) is 3.09. The van der Waals surface area contributed by atoms with Gasteiger partial charge in [0.2, 0.25) is 0 Å². The molecule has 5 nitrogen and oxygen atoms in total. The molecule has 0 amide bonds. The number of aromatic nitrogens is 2. The molecule has 0 aliphatic rings. The van der Waals surface area contributed by atoms with Gasteiger partial charge in [-0.3, -0.25) is 0 Å². The van der Waals surface area contributed by atoms with Gasteiger partial charge in [0, 0.05) is 4.47 Å². The number of rotatable bonds is 3.